The van der Waals surface area contributed by atoms with E-state index in [-0.39, 0.29) is 25.0 Å². The second-order valence-corrected chi connectivity index (χ2v) is 10.8. The third-order valence-electron chi connectivity index (χ3n) is 8.16. The maximum absolute atomic E-state index is 13.5. The number of carbonyl (C=O) groups excluding carboxylic acids is 1. The average molecular weight is 502 g/mol. The van der Waals surface area contributed by atoms with Crippen LogP contribution in [0.4, 0.5) is 0 Å². The zero-order chi connectivity index (χ0) is 25.7. The van der Waals surface area contributed by atoms with Crippen LogP contribution in [-0.2, 0) is 25.5 Å². The molecule has 36 heavy (non-hydrogen) atoms. The molecule has 0 amide bonds. The quantitative estimate of drug-likeness (QED) is 0.519. The van der Waals surface area contributed by atoms with Crippen LogP contribution in [0.15, 0.2) is 24.0 Å². The Hall–Kier alpha value is -2.78. The molecule has 1 fully saturated rings. The average Bonchev–Trinajstić information content (AvgIpc) is 3.51. The Bertz CT molecular complexity index is 1080. The molecular weight excluding hydrogens is 466 g/mol. The van der Waals surface area contributed by atoms with Gasteiger partial charge in [0.25, 0.3) is 0 Å². The van der Waals surface area contributed by atoms with E-state index in [1.54, 1.807) is 7.11 Å². The Morgan fingerprint density at radius 2 is 2.00 bits per heavy atom. The topological polar surface area (TPSA) is 115 Å². The number of aliphatic hydroxyl groups is 1. The molecule has 1 saturated heterocycles. The predicted molar refractivity (Wildman–Crippen MR) is 129 cm³/mol. The van der Waals surface area contributed by atoms with Gasteiger partial charge in [-0.1, -0.05) is 13.8 Å². The number of methoxy groups -OCH3 is 1. The Morgan fingerprint density at radius 3 is 2.69 bits per heavy atom. The molecule has 4 aliphatic rings. The molecule has 1 aromatic rings. The number of hydrogen-bond acceptors (Lipinski definition) is 8. The normalized spacial score (nSPS) is 28.0. The molecule has 9 nitrogen and oxygen atoms in total. The number of hydrogen-bond donors (Lipinski definition) is 2. The summed E-state index contributed by atoms with van der Waals surface area (Å²) in [5, 5.41) is 20.7. The summed E-state index contributed by atoms with van der Waals surface area (Å²) in [6, 6.07) is 4.00. The molecule has 4 atom stereocenters. The highest BCUT2D eigenvalue weighted by Crippen LogP contribution is 2.55. The zero-order valence-corrected chi connectivity index (χ0v) is 21.1. The molecule has 5 rings (SSSR count). The molecule has 0 unspecified atom stereocenters. The molecular formula is C27H35NO8. The van der Waals surface area contributed by atoms with E-state index >= 15 is 0 Å². The molecule has 3 aliphatic heterocycles. The van der Waals surface area contributed by atoms with Crippen LogP contribution in [0, 0.1) is 5.92 Å². The van der Waals surface area contributed by atoms with E-state index in [1.165, 1.54) is 0 Å². The van der Waals surface area contributed by atoms with Gasteiger partial charge in [0.05, 0.1) is 25.0 Å². The summed E-state index contributed by atoms with van der Waals surface area (Å²) < 4.78 is 23.1. The minimum atomic E-state index is -2.12. The van der Waals surface area contributed by atoms with Crippen molar-refractivity contribution in [3.8, 4) is 11.5 Å². The number of rotatable bonds is 8. The molecule has 0 aromatic heterocycles. The highest BCUT2D eigenvalue weighted by molar-refractivity contribution is 5.85. The Balaban J connectivity index is 1.54. The number of carbonyl (C=O) groups is 2. The highest BCUT2D eigenvalue weighted by atomic mass is 16.7. The minimum absolute atomic E-state index is 0.00571. The van der Waals surface area contributed by atoms with Crippen molar-refractivity contribution in [2.75, 3.05) is 27.0 Å². The molecule has 0 saturated carbocycles. The molecule has 1 aliphatic carbocycles. The molecule has 0 bridgehead atoms. The summed E-state index contributed by atoms with van der Waals surface area (Å²) in [6.45, 7) is 5.84. The third-order valence-corrected chi connectivity index (χ3v) is 8.16. The van der Waals surface area contributed by atoms with Gasteiger partial charge in [0.1, 0.15) is 5.76 Å². The van der Waals surface area contributed by atoms with Crippen molar-refractivity contribution in [2.24, 2.45) is 5.92 Å². The van der Waals surface area contributed by atoms with Crippen LogP contribution in [0.2, 0.25) is 0 Å². The van der Waals surface area contributed by atoms with Gasteiger partial charge in [-0.3, -0.25) is 9.69 Å². The lowest BCUT2D eigenvalue weighted by molar-refractivity contribution is -0.178. The summed E-state index contributed by atoms with van der Waals surface area (Å²) in [7, 11) is 1.55. The predicted octanol–water partition coefficient (Wildman–Crippen LogP) is 2.99. The summed E-state index contributed by atoms with van der Waals surface area (Å²) in [5.74, 6) is -0.388. The SMILES string of the molecule is COC1=C[C@]23CCCN2CCc2cc4c(cc2[C@@H]3[C@H]1OC(=O)[C@@](O)(CCC(C)C)CC(=O)O)OCO4. The molecule has 1 spiro atoms. The maximum Gasteiger partial charge on any atom is 0.339 e. The Kier molecular flexibility index (Phi) is 6.41. The first kappa shape index (κ1) is 24.9. The summed E-state index contributed by atoms with van der Waals surface area (Å²) in [4.78, 5) is 27.5. The zero-order valence-electron chi connectivity index (χ0n) is 21.1. The first-order chi connectivity index (χ1) is 17.2. The van der Waals surface area contributed by atoms with E-state index in [1.807, 2.05) is 26.0 Å². The number of carboxylic acids is 1. The number of carboxylic acid groups (broad SMARTS) is 1. The molecule has 1 aromatic carbocycles. The van der Waals surface area contributed by atoms with Crippen molar-refractivity contribution in [3.63, 3.8) is 0 Å². The van der Waals surface area contributed by atoms with Crippen LogP contribution in [0.1, 0.15) is 63.0 Å². The fourth-order valence-electron chi connectivity index (χ4n) is 6.36. The second kappa shape index (κ2) is 9.27. The largest absolute Gasteiger partial charge is 0.497 e. The summed E-state index contributed by atoms with van der Waals surface area (Å²) >= 11 is 0. The van der Waals surface area contributed by atoms with E-state index in [4.69, 9.17) is 18.9 Å². The van der Waals surface area contributed by atoms with Crippen LogP contribution < -0.4 is 9.47 Å². The van der Waals surface area contributed by atoms with Crippen molar-refractivity contribution in [1.82, 2.24) is 4.90 Å². The molecule has 0 radical (unpaired) electrons. The fourth-order valence-corrected chi connectivity index (χ4v) is 6.36. The van der Waals surface area contributed by atoms with Gasteiger partial charge in [-0.2, -0.15) is 0 Å². The van der Waals surface area contributed by atoms with Crippen LogP contribution in [0.25, 0.3) is 0 Å². The smallest absolute Gasteiger partial charge is 0.339 e. The molecule has 196 valence electrons. The van der Waals surface area contributed by atoms with Gasteiger partial charge < -0.3 is 29.2 Å². The first-order valence-electron chi connectivity index (χ1n) is 12.8. The van der Waals surface area contributed by atoms with Crippen molar-refractivity contribution < 1.29 is 38.7 Å². The van der Waals surface area contributed by atoms with E-state index < -0.39 is 35.6 Å². The number of benzene rings is 1. The van der Waals surface area contributed by atoms with Crippen molar-refractivity contribution >= 4 is 11.9 Å². The first-order valence-corrected chi connectivity index (χ1v) is 12.8. The number of nitrogens with zero attached hydrogens (tertiary/aromatic N) is 1. The molecule has 2 N–H and O–H groups in total. The van der Waals surface area contributed by atoms with Crippen LogP contribution in [0.5, 0.6) is 11.5 Å². The lowest BCUT2D eigenvalue weighted by Crippen LogP contribution is -2.49. The van der Waals surface area contributed by atoms with Gasteiger partial charge in [-0.05, 0) is 73.9 Å². The van der Waals surface area contributed by atoms with E-state index in [0.29, 0.717) is 23.7 Å². The Labute approximate surface area is 211 Å². The van der Waals surface area contributed by atoms with Crippen molar-refractivity contribution in [2.45, 2.75) is 75.5 Å². The van der Waals surface area contributed by atoms with Crippen LogP contribution >= 0.6 is 0 Å². The molecule has 3 heterocycles. The van der Waals surface area contributed by atoms with Gasteiger partial charge in [0.2, 0.25) is 6.79 Å². The monoisotopic (exact) mass is 501 g/mol. The van der Waals surface area contributed by atoms with Crippen LogP contribution in [-0.4, -0.2) is 71.3 Å². The number of aliphatic carboxylic acids is 1. The van der Waals surface area contributed by atoms with Gasteiger partial charge in [0, 0.05) is 6.54 Å². The van der Waals surface area contributed by atoms with Gasteiger partial charge in [0.15, 0.2) is 23.2 Å². The van der Waals surface area contributed by atoms with E-state index in [0.717, 1.165) is 43.5 Å². The Morgan fingerprint density at radius 1 is 1.25 bits per heavy atom. The minimum Gasteiger partial charge on any atom is -0.497 e. The molecule has 9 heteroatoms. The van der Waals surface area contributed by atoms with Gasteiger partial charge >= 0.3 is 11.9 Å². The van der Waals surface area contributed by atoms with Crippen molar-refractivity contribution in [1.29, 1.82) is 0 Å². The third kappa shape index (κ3) is 4.12. The standard InChI is InChI=1S/C27H35NO8/c1-16(2)5-8-27(32,14-22(29)30)25(31)36-24-21(33-3)13-26-7-4-9-28(26)10-6-17-11-19-20(35-15-34-19)12-18(17)23(24)26/h11-13,16,23-24,32H,4-10,14-15H2,1-3H3,(H,29,30)/t23-,24+,26+,27-/m1/s1. The number of esters is 1. The number of ether oxygens (including phenoxy) is 4. The summed E-state index contributed by atoms with van der Waals surface area (Å²) in [5.41, 5.74) is -0.417. The highest BCUT2D eigenvalue weighted by Gasteiger charge is 2.59. The summed E-state index contributed by atoms with van der Waals surface area (Å²) in [6.07, 6.45) is 3.75. The lowest BCUT2D eigenvalue weighted by atomic mass is 9.77. The second-order valence-electron chi connectivity index (χ2n) is 10.8. The maximum atomic E-state index is 13.5. The van der Waals surface area contributed by atoms with E-state index in [2.05, 4.69) is 11.0 Å². The van der Waals surface area contributed by atoms with E-state index in [9.17, 15) is 19.8 Å². The van der Waals surface area contributed by atoms with Gasteiger partial charge in [-0.25, -0.2) is 4.79 Å². The van der Waals surface area contributed by atoms with Gasteiger partial charge in [-0.15, -0.1) is 0 Å². The number of fused-ring (bicyclic) bond motifs is 3. The lowest BCUT2D eigenvalue weighted by Gasteiger charge is -2.39. The fraction of sp³-hybridized carbons (Fsp3) is 0.630. The van der Waals surface area contributed by atoms with Crippen molar-refractivity contribution in [3.05, 3.63) is 35.1 Å². The van der Waals surface area contributed by atoms with Crippen LogP contribution in [0.3, 0.4) is 0 Å².